The highest BCUT2D eigenvalue weighted by molar-refractivity contribution is 5.80. The number of rotatable bonds is 5. The van der Waals surface area contributed by atoms with Crippen molar-refractivity contribution in [1.82, 2.24) is 4.90 Å². The molecule has 0 N–H and O–H groups in total. The van der Waals surface area contributed by atoms with E-state index < -0.39 is 0 Å². The minimum Gasteiger partial charge on any atom is -0.465 e. The molecule has 0 amide bonds. The molecular weight excluding hydrogens is 238 g/mol. The van der Waals surface area contributed by atoms with Gasteiger partial charge < -0.3 is 4.74 Å². The fourth-order valence-corrected chi connectivity index (χ4v) is 2.87. The standard InChI is InChI=1S/C16H23NO2/c1-5-19-16(18)15-14(11(2)3)17(15)12(4)13-9-7-6-8-10-13/h6-12,14-15H,5H2,1-4H3/t12-,14+,15+,17?/m0/s1. The first kappa shape index (κ1) is 14.1. The maximum Gasteiger partial charge on any atom is 0.325 e. The van der Waals surface area contributed by atoms with E-state index >= 15 is 0 Å². The van der Waals surface area contributed by atoms with Crippen molar-refractivity contribution >= 4 is 5.97 Å². The van der Waals surface area contributed by atoms with E-state index in [2.05, 4.69) is 37.8 Å². The summed E-state index contributed by atoms with van der Waals surface area (Å²) < 4.78 is 5.18. The van der Waals surface area contributed by atoms with Gasteiger partial charge in [-0.25, -0.2) is 0 Å². The molecule has 3 heteroatoms. The van der Waals surface area contributed by atoms with Crippen LogP contribution in [0.5, 0.6) is 0 Å². The van der Waals surface area contributed by atoms with Crippen LogP contribution in [-0.4, -0.2) is 29.6 Å². The molecule has 0 saturated carbocycles. The number of ether oxygens (including phenoxy) is 1. The first-order chi connectivity index (χ1) is 9.07. The van der Waals surface area contributed by atoms with Gasteiger partial charge in [0.15, 0.2) is 0 Å². The van der Waals surface area contributed by atoms with Gasteiger partial charge in [0.05, 0.1) is 6.61 Å². The zero-order valence-electron chi connectivity index (χ0n) is 12.2. The molecule has 3 nitrogen and oxygen atoms in total. The van der Waals surface area contributed by atoms with Crippen molar-refractivity contribution in [2.45, 2.75) is 45.8 Å². The Balaban J connectivity index is 2.12. The SMILES string of the molecule is CCOC(=O)[C@H]1[C@@H](C(C)C)N1[C@@H](C)c1ccccc1. The average Bonchev–Trinajstić information content (AvgIpc) is 3.15. The van der Waals surface area contributed by atoms with Crippen LogP contribution in [0.4, 0.5) is 0 Å². The molecule has 0 bridgehead atoms. The third kappa shape index (κ3) is 2.81. The summed E-state index contributed by atoms with van der Waals surface area (Å²) in [4.78, 5) is 14.3. The van der Waals surface area contributed by atoms with Crippen LogP contribution in [0.3, 0.4) is 0 Å². The fraction of sp³-hybridized carbons (Fsp3) is 0.562. The second-order valence-electron chi connectivity index (χ2n) is 5.47. The van der Waals surface area contributed by atoms with Crippen LogP contribution in [0.25, 0.3) is 0 Å². The number of esters is 1. The van der Waals surface area contributed by atoms with E-state index in [0.29, 0.717) is 18.6 Å². The van der Waals surface area contributed by atoms with E-state index in [1.165, 1.54) is 5.56 Å². The normalized spacial score (nSPS) is 27.1. The Morgan fingerprint density at radius 3 is 2.42 bits per heavy atom. The molecule has 1 aromatic rings. The lowest BCUT2D eigenvalue weighted by atomic mass is 10.1. The van der Waals surface area contributed by atoms with Crippen molar-refractivity contribution in [3.63, 3.8) is 0 Å². The van der Waals surface area contributed by atoms with Gasteiger partial charge in [-0.2, -0.15) is 0 Å². The lowest BCUT2D eigenvalue weighted by Gasteiger charge is -2.15. The van der Waals surface area contributed by atoms with Crippen molar-refractivity contribution < 1.29 is 9.53 Å². The number of carbonyl (C=O) groups is 1. The van der Waals surface area contributed by atoms with Gasteiger partial charge in [-0.15, -0.1) is 0 Å². The largest absolute Gasteiger partial charge is 0.465 e. The first-order valence-corrected chi connectivity index (χ1v) is 7.07. The van der Waals surface area contributed by atoms with Gasteiger partial charge in [0.2, 0.25) is 0 Å². The molecule has 4 atom stereocenters. The molecule has 1 saturated heterocycles. The van der Waals surface area contributed by atoms with E-state index in [-0.39, 0.29) is 18.1 Å². The molecule has 19 heavy (non-hydrogen) atoms. The highest BCUT2D eigenvalue weighted by atomic mass is 16.5. The second-order valence-corrected chi connectivity index (χ2v) is 5.47. The molecule has 1 unspecified atom stereocenters. The Labute approximate surface area is 115 Å². The quantitative estimate of drug-likeness (QED) is 0.602. The summed E-state index contributed by atoms with van der Waals surface area (Å²) in [7, 11) is 0. The van der Waals surface area contributed by atoms with Crippen LogP contribution >= 0.6 is 0 Å². The molecule has 0 aliphatic carbocycles. The number of nitrogens with zero attached hydrogens (tertiary/aromatic N) is 1. The Hall–Kier alpha value is -1.35. The predicted octanol–water partition coefficient (Wildman–Crippen LogP) is 3.02. The summed E-state index contributed by atoms with van der Waals surface area (Å²) >= 11 is 0. The monoisotopic (exact) mass is 261 g/mol. The van der Waals surface area contributed by atoms with E-state index in [0.717, 1.165) is 0 Å². The smallest absolute Gasteiger partial charge is 0.325 e. The van der Waals surface area contributed by atoms with Gasteiger partial charge in [-0.1, -0.05) is 44.2 Å². The molecule has 2 rings (SSSR count). The van der Waals surface area contributed by atoms with Crippen LogP contribution in [0.2, 0.25) is 0 Å². The van der Waals surface area contributed by atoms with E-state index in [1.807, 2.05) is 25.1 Å². The predicted molar refractivity (Wildman–Crippen MR) is 75.7 cm³/mol. The first-order valence-electron chi connectivity index (χ1n) is 7.07. The van der Waals surface area contributed by atoms with Crippen LogP contribution in [-0.2, 0) is 9.53 Å². The summed E-state index contributed by atoms with van der Waals surface area (Å²) in [5.74, 6) is 0.379. The number of hydrogen-bond donors (Lipinski definition) is 0. The van der Waals surface area contributed by atoms with Gasteiger partial charge in [0.1, 0.15) is 6.04 Å². The maximum atomic E-state index is 12.0. The van der Waals surface area contributed by atoms with Gasteiger partial charge in [-0.3, -0.25) is 9.69 Å². The number of carbonyl (C=O) groups excluding carboxylic acids is 1. The summed E-state index contributed by atoms with van der Waals surface area (Å²) in [5, 5.41) is 0. The second kappa shape index (κ2) is 5.74. The van der Waals surface area contributed by atoms with Gasteiger partial charge >= 0.3 is 5.97 Å². The summed E-state index contributed by atoms with van der Waals surface area (Å²) in [6.07, 6.45) is 0. The molecule has 1 aromatic carbocycles. The fourth-order valence-electron chi connectivity index (χ4n) is 2.87. The van der Waals surface area contributed by atoms with Gasteiger partial charge in [0.25, 0.3) is 0 Å². The molecule has 1 aliphatic rings. The lowest BCUT2D eigenvalue weighted by molar-refractivity contribution is -0.143. The topological polar surface area (TPSA) is 29.3 Å². The summed E-state index contributed by atoms with van der Waals surface area (Å²) in [6, 6.07) is 10.8. The van der Waals surface area contributed by atoms with Crippen LogP contribution in [0, 0.1) is 5.92 Å². The third-order valence-corrected chi connectivity index (χ3v) is 3.84. The van der Waals surface area contributed by atoms with Crippen molar-refractivity contribution in [3.8, 4) is 0 Å². The minimum absolute atomic E-state index is 0.0739. The highest BCUT2D eigenvalue weighted by Gasteiger charge is 2.56. The third-order valence-electron chi connectivity index (χ3n) is 3.84. The average molecular weight is 261 g/mol. The van der Waals surface area contributed by atoms with Crippen LogP contribution in [0.15, 0.2) is 30.3 Å². The summed E-state index contributed by atoms with van der Waals surface area (Å²) in [5.41, 5.74) is 1.25. The molecular formula is C16H23NO2. The maximum absolute atomic E-state index is 12.0. The minimum atomic E-state index is -0.0796. The Bertz CT molecular complexity index is 430. The molecule has 0 aromatic heterocycles. The molecule has 1 fully saturated rings. The number of benzene rings is 1. The van der Waals surface area contributed by atoms with E-state index in [1.54, 1.807) is 0 Å². The van der Waals surface area contributed by atoms with Crippen molar-refractivity contribution in [2.24, 2.45) is 5.92 Å². The van der Waals surface area contributed by atoms with Gasteiger partial charge in [-0.05, 0) is 25.3 Å². The molecule has 104 valence electrons. The molecule has 0 radical (unpaired) electrons. The lowest BCUT2D eigenvalue weighted by Crippen LogP contribution is -2.18. The zero-order valence-corrected chi connectivity index (χ0v) is 12.2. The van der Waals surface area contributed by atoms with Gasteiger partial charge in [0, 0.05) is 12.1 Å². The zero-order chi connectivity index (χ0) is 14.0. The highest BCUT2D eigenvalue weighted by Crippen LogP contribution is 2.42. The van der Waals surface area contributed by atoms with Crippen molar-refractivity contribution in [2.75, 3.05) is 6.61 Å². The van der Waals surface area contributed by atoms with E-state index in [9.17, 15) is 4.79 Å². The summed E-state index contributed by atoms with van der Waals surface area (Å²) in [6.45, 7) is 8.79. The van der Waals surface area contributed by atoms with Crippen LogP contribution in [0.1, 0.15) is 39.3 Å². The van der Waals surface area contributed by atoms with Crippen molar-refractivity contribution in [3.05, 3.63) is 35.9 Å². The number of hydrogen-bond acceptors (Lipinski definition) is 3. The molecule has 1 aliphatic heterocycles. The molecule has 0 spiro atoms. The Kier molecular flexibility index (Phi) is 4.25. The molecule has 1 heterocycles. The van der Waals surface area contributed by atoms with Crippen LogP contribution < -0.4 is 0 Å². The Morgan fingerprint density at radius 2 is 1.89 bits per heavy atom. The van der Waals surface area contributed by atoms with Crippen molar-refractivity contribution in [1.29, 1.82) is 0 Å². The Morgan fingerprint density at radius 1 is 1.26 bits per heavy atom. The van der Waals surface area contributed by atoms with E-state index in [4.69, 9.17) is 4.74 Å².